The van der Waals surface area contributed by atoms with Crippen molar-refractivity contribution in [3.8, 4) is 5.75 Å². The third-order valence-corrected chi connectivity index (χ3v) is 6.40. The predicted molar refractivity (Wildman–Crippen MR) is 116 cm³/mol. The number of H-pyrrole nitrogens is 1. The van der Waals surface area contributed by atoms with E-state index in [1.54, 1.807) is 7.11 Å². The summed E-state index contributed by atoms with van der Waals surface area (Å²) >= 11 is 0. The molecule has 1 aliphatic rings. The molecule has 0 amide bonds. The lowest BCUT2D eigenvalue weighted by Crippen LogP contribution is -2.33. The third-order valence-electron chi connectivity index (χ3n) is 6.40. The van der Waals surface area contributed by atoms with E-state index in [2.05, 4.69) is 72.3 Å². The molecule has 0 saturated carbocycles. The molecule has 28 heavy (non-hydrogen) atoms. The number of nitrogens with one attached hydrogen (secondary N) is 1. The maximum Gasteiger partial charge on any atom is 0.119 e. The van der Waals surface area contributed by atoms with E-state index in [1.807, 2.05) is 6.07 Å². The van der Waals surface area contributed by atoms with Crippen molar-refractivity contribution in [1.82, 2.24) is 9.88 Å². The van der Waals surface area contributed by atoms with Gasteiger partial charge in [-0.3, -0.25) is 4.90 Å². The molecule has 5 rings (SSSR count). The Morgan fingerprint density at radius 3 is 2.68 bits per heavy atom. The summed E-state index contributed by atoms with van der Waals surface area (Å²) in [6.07, 6.45) is 1.10. The van der Waals surface area contributed by atoms with E-state index in [-0.39, 0.29) is 0 Å². The lowest BCUT2D eigenvalue weighted by Gasteiger charge is -2.36. The summed E-state index contributed by atoms with van der Waals surface area (Å²) in [4.78, 5) is 6.24. The van der Waals surface area contributed by atoms with E-state index in [9.17, 15) is 0 Å². The van der Waals surface area contributed by atoms with Crippen molar-refractivity contribution in [1.29, 1.82) is 0 Å². The van der Waals surface area contributed by atoms with Gasteiger partial charge in [-0.25, -0.2) is 0 Å². The quantitative estimate of drug-likeness (QED) is 0.497. The van der Waals surface area contributed by atoms with Gasteiger partial charge < -0.3 is 9.72 Å². The van der Waals surface area contributed by atoms with Crippen LogP contribution in [0.3, 0.4) is 0 Å². The highest BCUT2D eigenvalue weighted by Gasteiger charge is 2.27. The molecule has 1 aliphatic heterocycles. The van der Waals surface area contributed by atoms with E-state index in [0.29, 0.717) is 6.04 Å². The summed E-state index contributed by atoms with van der Waals surface area (Å²) in [6, 6.07) is 19.9. The maximum absolute atomic E-state index is 5.47. The Bertz CT molecular complexity index is 1160. The number of aromatic nitrogens is 1. The summed E-state index contributed by atoms with van der Waals surface area (Å²) in [6.45, 7) is 6.72. The predicted octanol–water partition coefficient (Wildman–Crippen LogP) is 5.76. The molecule has 0 bridgehead atoms. The molecule has 0 spiro atoms. The summed E-state index contributed by atoms with van der Waals surface area (Å²) in [7, 11) is 1.73. The molecule has 3 heteroatoms. The van der Waals surface area contributed by atoms with Crippen molar-refractivity contribution in [3.63, 3.8) is 0 Å². The minimum atomic E-state index is 0.405. The number of ether oxygens (including phenoxy) is 1. The average Bonchev–Trinajstić information content (AvgIpc) is 3.09. The first-order chi connectivity index (χ1) is 13.7. The molecule has 0 aliphatic carbocycles. The van der Waals surface area contributed by atoms with Crippen LogP contribution in [0.15, 0.2) is 54.6 Å². The first-order valence-corrected chi connectivity index (χ1v) is 10.1. The zero-order valence-corrected chi connectivity index (χ0v) is 16.8. The number of fused-ring (bicyclic) bond motifs is 4. The molecule has 142 valence electrons. The topological polar surface area (TPSA) is 28.3 Å². The van der Waals surface area contributed by atoms with E-state index >= 15 is 0 Å². The van der Waals surface area contributed by atoms with Gasteiger partial charge in [-0.1, -0.05) is 30.3 Å². The van der Waals surface area contributed by atoms with Gasteiger partial charge in [0, 0.05) is 40.9 Å². The van der Waals surface area contributed by atoms with Gasteiger partial charge >= 0.3 is 0 Å². The van der Waals surface area contributed by atoms with Crippen molar-refractivity contribution >= 4 is 21.8 Å². The van der Waals surface area contributed by atoms with Crippen LogP contribution in [-0.4, -0.2) is 23.5 Å². The molecular weight excluding hydrogens is 344 g/mol. The number of rotatable bonds is 3. The Labute approximate surface area is 165 Å². The summed E-state index contributed by atoms with van der Waals surface area (Å²) in [5, 5.41) is 2.55. The summed E-state index contributed by atoms with van der Waals surface area (Å²) in [5.74, 6) is 0.905. The van der Waals surface area contributed by atoms with E-state index in [1.165, 1.54) is 44.1 Å². The van der Waals surface area contributed by atoms with Crippen LogP contribution in [0.2, 0.25) is 0 Å². The molecule has 1 unspecified atom stereocenters. The van der Waals surface area contributed by atoms with Crippen LogP contribution in [0.4, 0.5) is 0 Å². The van der Waals surface area contributed by atoms with E-state index < -0.39 is 0 Å². The number of benzene rings is 3. The molecule has 0 fully saturated rings. The number of methoxy groups -OCH3 is 1. The fourth-order valence-corrected chi connectivity index (χ4v) is 4.76. The van der Waals surface area contributed by atoms with Crippen LogP contribution in [0.5, 0.6) is 5.75 Å². The zero-order valence-electron chi connectivity index (χ0n) is 16.8. The van der Waals surface area contributed by atoms with Crippen LogP contribution in [0.25, 0.3) is 21.8 Å². The zero-order chi connectivity index (χ0) is 19.3. The highest BCUT2D eigenvalue weighted by atomic mass is 16.5. The molecule has 1 atom stereocenters. The highest BCUT2D eigenvalue weighted by molar-refractivity contribution is 6.09. The fraction of sp³-hybridized carbons (Fsp3) is 0.280. The smallest absolute Gasteiger partial charge is 0.119 e. The van der Waals surface area contributed by atoms with Crippen molar-refractivity contribution in [3.05, 3.63) is 76.9 Å². The largest absolute Gasteiger partial charge is 0.497 e. The van der Waals surface area contributed by atoms with E-state index in [4.69, 9.17) is 4.74 Å². The molecule has 4 aromatic rings. The standard InChI is InChI=1S/C25H26N2O/c1-16-20-11-12-27(15-18-7-5-4-6-8-18)17(2)21(20)14-23-22-13-19(28-3)9-10-24(22)26-25(16)23/h4-10,13-14,17,26H,11-12,15H2,1-3H3. The number of nitrogens with zero attached hydrogens (tertiary/aromatic N) is 1. The van der Waals surface area contributed by atoms with E-state index in [0.717, 1.165) is 25.3 Å². The molecule has 2 heterocycles. The third kappa shape index (κ3) is 2.70. The van der Waals surface area contributed by atoms with Crippen molar-refractivity contribution < 1.29 is 4.74 Å². The molecule has 1 N–H and O–H groups in total. The normalized spacial score (nSPS) is 17.2. The second-order valence-electron chi connectivity index (χ2n) is 7.91. The van der Waals surface area contributed by atoms with Gasteiger partial charge in [-0.2, -0.15) is 0 Å². The van der Waals surface area contributed by atoms with Crippen molar-refractivity contribution in [2.45, 2.75) is 32.9 Å². The van der Waals surface area contributed by atoms with Gasteiger partial charge in [0.2, 0.25) is 0 Å². The van der Waals surface area contributed by atoms with Crippen molar-refractivity contribution in [2.75, 3.05) is 13.7 Å². The minimum Gasteiger partial charge on any atom is -0.497 e. The second-order valence-corrected chi connectivity index (χ2v) is 7.91. The van der Waals surface area contributed by atoms with Crippen LogP contribution in [0, 0.1) is 6.92 Å². The minimum absolute atomic E-state index is 0.405. The molecular formula is C25H26N2O. The Morgan fingerprint density at radius 1 is 1.07 bits per heavy atom. The molecule has 3 nitrogen and oxygen atoms in total. The lowest BCUT2D eigenvalue weighted by atomic mass is 9.88. The highest BCUT2D eigenvalue weighted by Crippen LogP contribution is 2.39. The van der Waals surface area contributed by atoms with Crippen LogP contribution < -0.4 is 4.74 Å². The molecule has 0 radical (unpaired) electrons. The van der Waals surface area contributed by atoms with Gasteiger partial charge in [-0.05, 0) is 66.8 Å². The van der Waals surface area contributed by atoms with Crippen LogP contribution >= 0.6 is 0 Å². The molecule has 3 aromatic carbocycles. The maximum atomic E-state index is 5.47. The average molecular weight is 370 g/mol. The Balaban J connectivity index is 1.62. The van der Waals surface area contributed by atoms with Gasteiger partial charge in [0.05, 0.1) is 7.11 Å². The first kappa shape index (κ1) is 17.3. The van der Waals surface area contributed by atoms with Crippen LogP contribution in [-0.2, 0) is 13.0 Å². The summed E-state index contributed by atoms with van der Waals surface area (Å²) in [5.41, 5.74) is 8.21. The second kappa shape index (κ2) is 6.68. The number of aromatic amines is 1. The fourth-order valence-electron chi connectivity index (χ4n) is 4.76. The van der Waals surface area contributed by atoms with Gasteiger partial charge in [0.1, 0.15) is 5.75 Å². The van der Waals surface area contributed by atoms with Gasteiger partial charge in [0.15, 0.2) is 0 Å². The Morgan fingerprint density at radius 2 is 1.89 bits per heavy atom. The molecule has 1 aromatic heterocycles. The number of hydrogen-bond acceptors (Lipinski definition) is 2. The lowest BCUT2D eigenvalue weighted by molar-refractivity contribution is 0.189. The van der Waals surface area contributed by atoms with Gasteiger partial charge in [0.25, 0.3) is 0 Å². The van der Waals surface area contributed by atoms with Crippen LogP contribution in [0.1, 0.15) is 35.2 Å². The Hall–Kier alpha value is -2.78. The number of hydrogen-bond donors (Lipinski definition) is 1. The molecule has 0 saturated heterocycles. The Kier molecular flexibility index (Phi) is 4.13. The monoisotopic (exact) mass is 370 g/mol. The number of aryl methyl sites for hydroxylation is 1. The van der Waals surface area contributed by atoms with Gasteiger partial charge in [-0.15, -0.1) is 0 Å². The first-order valence-electron chi connectivity index (χ1n) is 10.1. The van der Waals surface area contributed by atoms with Crippen molar-refractivity contribution in [2.24, 2.45) is 0 Å². The summed E-state index contributed by atoms with van der Waals surface area (Å²) < 4.78 is 5.47. The SMILES string of the molecule is COc1ccc2[nH]c3c(C)c4c(cc3c2c1)C(C)N(Cc1ccccc1)CC4.